The fourth-order valence-corrected chi connectivity index (χ4v) is 3.80. The number of fused-ring (bicyclic) bond motifs is 1. The monoisotopic (exact) mass is 409 g/mol. The molecule has 1 aliphatic heterocycles. The number of carbonyl (C=O) groups is 2. The van der Waals surface area contributed by atoms with E-state index in [1.54, 1.807) is 60.7 Å². The standard InChI is InChI=1S/C23H17ClFNO3/c24-16-9-5-14(6-10-16)21(15-7-11-17(25)12-8-15)20(27)13-26-22(28)18-3-1-2-4-19(18)23(26)29/h1-12,20-21,27H,13H2. The maximum atomic E-state index is 13.4. The molecule has 2 unspecified atom stereocenters. The molecule has 1 N–H and O–H groups in total. The predicted molar refractivity (Wildman–Crippen MR) is 108 cm³/mol. The Kier molecular flexibility index (Phi) is 5.18. The Labute approximate surface area is 172 Å². The molecule has 4 nitrogen and oxygen atoms in total. The van der Waals surface area contributed by atoms with Crippen molar-refractivity contribution in [1.82, 2.24) is 4.90 Å². The zero-order valence-corrected chi connectivity index (χ0v) is 16.0. The molecule has 0 fully saturated rings. The van der Waals surface area contributed by atoms with E-state index in [0.717, 1.165) is 10.5 Å². The highest BCUT2D eigenvalue weighted by Gasteiger charge is 2.38. The Morgan fingerprint density at radius 3 is 1.83 bits per heavy atom. The smallest absolute Gasteiger partial charge is 0.261 e. The normalized spacial score (nSPS) is 15.3. The first-order valence-electron chi connectivity index (χ1n) is 9.10. The number of amides is 2. The second-order valence-corrected chi connectivity index (χ2v) is 7.35. The quantitative estimate of drug-likeness (QED) is 0.640. The summed E-state index contributed by atoms with van der Waals surface area (Å²) in [7, 11) is 0. The second-order valence-electron chi connectivity index (χ2n) is 6.91. The fourth-order valence-electron chi connectivity index (χ4n) is 3.67. The average Bonchev–Trinajstić information content (AvgIpc) is 2.96. The molecule has 29 heavy (non-hydrogen) atoms. The number of hydrogen-bond donors (Lipinski definition) is 1. The number of aliphatic hydroxyl groups is 1. The maximum absolute atomic E-state index is 13.4. The van der Waals surface area contributed by atoms with E-state index in [4.69, 9.17) is 11.6 Å². The van der Waals surface area contributed by atoms with E-state index in [1.165, 1.54) is 12.1 Å². The van der Waals surface area contributed by atoms with Gasteiger partial charge in [-0.1, -0.05) is 48.0 Å². The van der Waals surface area contributed by atoms with Crippen LogP contribution in [0.1, 0.15) is 37.8 Å². The van der Waals surface area contributed by atoms with Crippen molar-refractivity contribution < 1.29 is 19.1 Å². The summed E-state index contributed by atoms with van der Waals surface area (Å²) in [5.41, 5.74) is 2.06. The molecule has 0 saturated carbocycles. The molecule has 146 valence electrons. The first kappa shape index (κ1) is 19.3. The van der Waals surface area contributed by atoms with Gasteiger partial charge >= 0.3 is 0 Å². The highest BCUT2D eigenvalue weighted by atomic mass is 35.5. The van der Waals surface area contributed by atoms with Crippen LogP contribution in [0.5, 0.6) is 0 Å². The first-order chi connectivity index (χ1) is 14.0. The van der Waals surface area contributed by atoms with Crippen LogP contribution >= 0.6 is 11.6 Å². The van der Waals surface area contributed by atoms with Gasteiger partial charge in [-0.25, -0.2) is 4.39 Å². The molecule has 0 bridgehead atoms. The lowest BCUT2D eigenvalue weighted by molar-refractivity contribution is 0.0523. The minimum atomic E-state index is -1.09. The van der Waals surface area contributed by atoms with Crippen LogP contribution < -0.4 is 0 Å². The van der Waals surface area contributed by atoms with Crippen molar-refractivity contribution in [1.29, 1.82) is 0 Å². The van der Waals surface area contributed by atoms with Gasteiger partial charge in [0.2, 0.25) is 0 Å². The van der Waals surface area contributed by atoms with E-state index in [0.29, 0.717) is 21.7 Å². The summed E-state index contributed by atoms with van der Waals surface area (Å²) in [6.07, 6.45) is -1.09. The molecule has 0 aromatic heterocycles. The number of β-amino-alcohol motifs (C(OH)–C–C–N with tert-alkyl or cyclic N) is 1. The van der Waals surface area contributed by atoms with Crippen LogP contribution in [0, 0.1) is 5.82 Å². The van der Waals surface area contributed by atoms with Crippen LogP contribution in [-0.4, -0.2) is 34.5 Å². The molecule has 0 aliphatic carbocycles. The van der Waals surface area contributed by atoms with Crippen LogP contribution in [0.2, 0.25) is 5.02 Å². The van der Waals surface area contributed by atoms with E-state index >= 15 is 0 Å². The van der Waals surface area contributed by atoms with Crippen LogP contribution in [0.15, 0.2) is 72.8 Å². The molecule has 3 aromatic carbocycles. The van der Waals surface area contributed by atoms with Crippen LogP contribution in [0.4, 0.5) is 4.39 Å². The second kappa shape index (κ2) is 7.78. The summed E-state index contributed by atoms with van der Waals surface area (Å²) in [6.45, 7) is -0.184. The van der Waals surface area contributed by atoms with Gasteiger partial charge in [-0.15, -0.1) is 0 Å². The first-order valence-corrected chi connectivity index (χ1v) is 9.47. The highest BCUT2D eigenvalue weighted by Crippen LogP contribution is 2.31. The summed E-state index contributed by atoms with van der Waals surface area (Å²) < 4.78 is 13.4. The van der Waals surface area contributed by atoms with Crippen molar-refractivity contribution in [2.75, 3.05) is 6.54 Å². The van der Waals surface area contributed by atoms with Crippen molar-refractivity contribution in [3.8, 4) is 0 Å². The number of halogens is 2. The highest BCUT2D eigenvalue weighted by molar-refractivity contribution is 6.30. The number of hydrogen-bond acceptors (Lipinski definition) is 3. The van der Waals surface area contributed by atoms with Crippen LogP contribution in [0.3, 0.4) is 0 Å². The molecule has 1 aliphatic rings. The maximum Gasteiger partial charge on any atom is 0.261 e. The Morgan fingerprint density at radius 2 is 1.31 bits per heavy atom. The summed E-state index contributed by atoms with van der Waals surface area (Å²) in [5.74, 6) is -1.83. The van der Waals surface area contributed by atoms with Gasteiger partial charge in [0.15, 0.2) is 0 Å². The van der Waals surface area contributed by atoms with Gasteiger partial charge in [-0.2, -0.15) is 0 Å². The molecule has 0 saturated heterocycles. The van der Waals surface area contributed by atoms with Crippen molar-refractivity contribution >= 4 is 23.4 Å². The lowest BCUT2D eigenvalue weighted by Crippen LogP contribution is -2.39. The third-order valence-corrected chi connectivity index (χ3v) is 5.34. The van der Waals surface area contributed by atoms with E-state index in [1.807, 2.05) is 0 Å². The summed E-state index contributed by atoms with van der Waals surface area (Å²) in [5, 5.41) is 11.6. The van der Waals surface area contributed by atoms with Crippen molar-refractivity contribution in [3.63, 3.8) is 0 Å². The van der Waals surface area contributed by atoms with E-state index in [2.05, 4.69) is 0 Å². The van der Waals surface area contributed by atoms with Crippen LogP contribution in [0.25, 0.3) is 0 Å². The van der Waals surface area contributed by atoms with Gasteiger partial charge < -0.3 is 5.11 Å². The molecule has 6 heteroatoms. The van der Waals surface area contributed by atoms with Crippen molar-refractivity contribution in [3.05, 3.63) is 106 Å². The number of rotatable bonds is 5. The molecule has 3 aromatic rings. The third-order valence-electron chi connectivity index (χ3n) is 5.09. The molecule has 4 rings (SSSR count). The van der Waals surface area contributed by atoms with Crippen molar-refractivity contribution in [2.45, 2.75) is 12.0 Å². The summed E-state index contributed by atoms with van der Waals surface area (Å²) in [4.78, 5) is 26.4. The minimum absolute atomic E-state index is 0.184. The lowest BCUT2D eigenvalue weighted by Gasteiger charge is -2.27. The Balaban J connectivity index is 1.66. The van der Waals surface area contributed by atoms with E-state index < -0.39 is 29.7 Å². The van der Waals surface area contributed by atoms with E-state index in [-0.39, 0.29) is 6.54 Å². The number of benzene rings is 3. The van der Waals surface area contributed by atoms with Gasteiger partial charge in [0, 0.05) is 10.9 Å². The molecule has 0 radical (unpaired) electrons. The Morgan fingerprint density at radius 1 is 0.828 bits per heavy atom. The molecule has 1 heterocycles. The summed E-state index contributed by atoms with van der Waals surface area (Å²) in [6, 6.07) is 19.3. The third kappa shape index (κ3) is 3.67. The topological polar surface area (TPSA) is 57.6 Å². The zero-order chi connectivity index (χ0) is 20.5. The van der Waals surface area contributed by atoms with Gasteiger partial charge in [-0.3, -0.25) is 14.5 Å². The molecular weight excluding hydrogens is 393 g/mol. The molecular formula is C23H17ClFNO3. The van der Waals surface area contributed by atoms with Gasteiger partial charge in [-0.05, 0) is 47.5 Å². The zero-order valence-electron chi connectivity index (χ0n) is 15.3. The SMILES string of the molecule is O=C1c2ccccc2C(=O)N1CC(O)C(c1ccc(F)cc1)c1ccc(Cl)cc1. The molecule has 2 amide bonds. The number of nitrogens with zero attached hydrogens (tertiary/aromatic N) is 1. The Hall–Kier alpha value is -3.02. The molecule has 2 atom stereocenters. The van der Waals surface area contributed by atoms with Gasteiger partial charge in [0.25, 0.3) is 11.8 Å². The fraction of sp³-hybridized carbons (Fsp3) is 0.130. The number of imide groups is 1. The lowest BCUT2D eigenvalue weighted by atomic mass is 9.86. The average molecular weight is 410 g/mol. The predicted octanol–water partition coefficient (Wildman–Crippen LogP) is 4.27. The number of carbonyl (C=O) groups excluding carboxylic acids is 2. The molecule has 0 spiro atoms. The minimum Gasteiger partial charge on any atom is -0.390 e. The number of aliphatic hydroxyl groups excluding tert-OH is 1. The largest absolute Gasteiger partial charge is 0.390 e. The van der Waals surface area contributed by atoms with Crippen molar-refractivity contribution in [2.24, 2.45) is 0 Å². The van der Waals surface area contributed by atoms with Crippen LogP contribution in [-0.2, 0) is 0 Å². The van der Waals surface area contributed by atoms with Gasteiger partial charge in [0.1, 0.15) is 5.82 Å². The van der Waals surface area contributed by atoms with E-state index in [9.17, 15) is 19.1 Å². The summed E-state index contributed by atoms with van der Waals surface area (Å²) >= 11 is 5.98. The Bertz CT molecular complexity index is 986. The van der Waals surface area contributed by atoms with Gasteiger partial charge in [0.05, 0.1) is 23.8 Å².